The van der Waals surface area contributed by atoms with E-state index in [4.69, 9.17) is 4.74 Å². The number of allylic oxidation sites excluding steroid dienone is 4. The highest BCUT2D eigenvalue weighted by molar-refractivity contribution is 6.11. The SMILES string of the molecule is COC(=O)C1N=C2CC3=C(CC24CC14)C(=O)C=CC3. The highest BCUT2D eigenvalue weighted by Crippen LogP contribution is 2.66. The van der Waals surface area contributed by atoms with Gasteiger partial charge >= 0.3 is 5.97 Å². The van der Waals surface area contributed by atoms with Crippen molar-refractivity contribution >= 4 is 17.5 Å². The van der Waals surface area contributed by atoms with Gasteiger partial charge in [-0.1, -0.05) is 11.6 Å². The van der Waals surface area contributed by atoms with Crippen LogP contribution in [0.4, 0.5) is 0 Å². The predicted molar refractivity (Wildman–Crippen MR) is 68.8 cm³/mol. The van der Waals surface area contributed by atoms with E-state index in [0.717, 1.165) is 37.0 Å². The molecule has 1 saturated carbocycles. The minimum Gasteiger partial charge on any atom is -0.467 e. The number of rotatable bonds is 1. The molecule has 4 nitrogen and oxygen atoms in total. The number of methoxy groups -OCH3 is 1. The lowest BCUT2D eigenvalue weighted by atomic mass is 9.75. The van der Waals surface area contributed by atoms with E-state index in [2.05, 4.69) is 4.99 Å². The van der Waals surface area contributed by atoms with Crippen molar-refractivity contribution in [2.75, 3.05) is 7.11 Å². The summed E-state index contributed by atoms with van der Waals surface area (Å²) in [7, 11) is 1.41. The van der Waals surface area contributed by atoms with Crippen molar-refractivity contribution in [1.82, 2.24) is 0 Å². The quantitative estimate of drug-likeness (QED) is 0.670. The Labute approximate surface area is 111 Å². The first-order valence-corrected chi connectivity index (χ1v) is 6.72. The van der Waals surface area contributed by atoms with Crippen LogP contribution in [-0.4, -0.2) is 30.6 Å². The zero-order valence-electron chi connectivity index (χ0n) is 10.8. The van der Waals surface area contributed by atoms with E-state index < -0.39 is 0 Å². The summed E-state index contributed by atoms with van der Waals surface area (Å²) in [6.45, 7) is 0. The van der Waals surface area contributed by atoms with E-state index in [1.54, 1.807) is 6.08 Å². The number of ether oxygens (including phenoxy) is 1. The highest BCUT2D eigenvalue weighted by Gasteiger charge is 2.67. The van der Waals surface area contributed by atoms with E-state index in [1.807, 2.05) is 6.08 Å². The Morgan fingerprint density at radius 1 is 1.53 bits per heavy atom. The van der Waals surface area contributed by atoms with Gasteiger partial charge in [-0.25, -0.2) is 4.79 Å². The predicted octanol–water partition coefficient (Wildman–Crippen LogP) is 1.61. The van der Waals surface area contributed by atoms with Gasteiger partial charge in [-0.2, -0.15) is 0 Å². The van der Waals surface area contributed by atoms with Crippen LogP contribution in [0.1, 0.15) is 25.7 Å². The molecule has 1 heterocycles. The van der Waals surface area contributed by atoms with Crippen LogP contribution in [0.2, 0.25) is 0 Å². The molecule has 4 rings (SSSR count). The molecule has 3 atom stereocenters. The largest absolute Gasteiger partial charge is 0.467 e. The molecule has 3 aliphatic carbocycles. The lowest BCUT2D eigenvalue weighted by Gasteiger charge is -2.28. The van der Waals surface area contributed by atoms with Gasteiger partial charge in [-0.3, -0.25) is 9.79 Å². The third kappa shape index (κ3) is 1.32. The van der Waals surface area contributed by atoms with Gasteiger partial charge < -0.3 is 4.74 Å². The number of ketones is 1. The second kappa shape index (κ2) is 3.44. The van der Waals surface area contributed by atoms with Gasteiger partial charge in [0.15, 0.2) is 11.8 Å². The second-order valence-corrected chi connectivity index (χ2v) is 5.92. The maximum atomic E-state index is 12.0. The normalized spacial score (nSPS) is 38.4. The van der Waals surface area contributed by atoms with Gasteiger partial charge in [-0.15, -0.1) is 0 Å². The Kier molecular flexibility index (Phi) is 2.02. The summed E-state index contributed by atoms with van der Waals surface area (Å²) in [4.78, 5) is 28.3. The Bertz CT molecular complexity index is 599. The molecule has 98 valence electrons. The maximum Gasteiger partial charge on any atom is 0.330 e. The first kappa shape index (κ1) is 11.1. The van der Waals surface area contributed by atoms with Gasteiger partial charge in [0, 0.05) is 29.0 Å². The average Bonchev–Trinajstić information content (AvgIpc) is 3.04. The molecular formula is C15H15NO3. The summed E-state index contributed by atoms with van der Waals surface area (Å²) in [5, 5.41) is 0. The average molecular weight is 257 g/mol. The number of carbonyl (C=O) groups is 2. The molecule has 0 amide bonds. The summed E-state index contributed by atoms with van der Waals surface area (Å²) in [5.74, 6) is 0.191. The monoisotopic (exact) mass is 257 g/mol. The van der Waals surface area contributed by atoms with Gasteiger partial charge in [0.1, 0.15) is 0 Å². The van der Waals surface area contributed by atoms with Crippen LogP contribution in [0, 0.1) is 11.3 Å². The minimum atomic E-state index is -0.329. The molecule has 0 aromatic carbocycles. The van der Waals surface area contributed by atoms with Crippen LogP contribution < -0.4 is 0 Å². The highest BCUT2D eigenvalue weighted by atomic mass is 16.5. The fraction of sp³-hybridized carbons (Fsp3) is 0.533. The smallest absolute Gasteiger partial charge is 0.330 e. The third-order valence-corrected chi connectivity index (χ3v) is 5.06. The van der Waals surface area contributed by atoms with E-state index in [0.29, 0.717) is 0 Å². The van der Waals surface area contributed by atoms with Crippen LogP contribution in [0.3, 0.4) is 0 Å². The number of carbonyl (C=O) groups excluding carboxylic acids is 2. The van der Waals surface area contributed by atoms with E-state index in [1.165, 1.54) is 12.7 Å². The van der Waals surface area contributed by atoms with E-state index >= 15 is 0 Å². The number of aliphatic imine (C=N–C) groups is 1. The van der Waals surface area contributed by atoms with Crippen LogP contribution in [-0.2, 0) is 14.3 Å². The van der Waals surface area contributed by atoms with Gasteiger partial charge in [-0.05, 0) is 25.3 Å². The van der Waals surface area contributed by atoms with Crippen molar-refractivity contribution in [2.45, 2.75) is 31.7 Å². The molecule has 1 fully saturated rings. The molecule has 1 aliphatic heterocycles. The van der Waals surface area contributed by atoms with Crippen LogP contribution in [0.15, 0.2) is 28.3 Å². The maximum absolute atomic E-state index is 12.0. The lowest BCUT2D eigenvalue weighted by molar-refractivity contribution is -0.142. The van der Waals surface area contributed by atoms with E-state index in [-0.39, 0.29) is 29.1 Å². The van der Waals surface area contributed by atoms with Crippen molar-refractivity contribution in [2.24, 2.45) is 16.3 Å². The first-order chi connectivity index (χ1) is 9.15. The number of hydrogen-bond acceptors (Lipinski definition) is 4. The number of esters is 1. The molecule has 4 aliphatic rings. The van der Waals surface area contributed by atoms with Gasteiger partial charge in [0.25, 0.3) is 0 Å². The fourth-order valence-electron chi connectivity index (χ4n) is 3.95. The summed E-state index contributed by atoms with van der Waals surface area (Å²) in [5.41, 5.74) is 3.33. The first-order valence-electron chi connectivity index (χ1n) is 6.72. The van der Waals surface area contributed by atoms with Crippen molar-refractivity contribution in [3.8, 4) is 0 Å². The number of nitrogens with zero attached hydrogens (tertiary/aromatic N) is 1. The topological polar surface area (TPSA) is 55.7 Å². The molecule has 3 unspecified atom stereocenters. The van der Waals surface area contributed by atoms with Gasteiger partial charge in [0.05, 0.1) is 7.11 Å². The zero-order valence-corrected chi connectivity index (χ0v) is 10.8. The Hall–Kier alpha value is -1.71. The molecule has 19 heavy (non-hydrogen) atoms. The van der Waals surface area contributed by atoms with Crippen molar-refractivity contribution in [3.63, 3.8) is 0 Å². The minimum absolute atomic E-state index is 0.0124. The van der Waals surface area contributed by atoms with Crippen LogP contribution in [0.25, 0.3) is 0 Å². The van der Waals surface area contributed by atoms with Crippen molar-refractivity contribution in [1.29, 1.82) is 0 Å². The molecule has 1 spiro atoms. The van der Waals surface area contributed by atoms with Crippen LogP contribution >= 0.6 is 0 Å². The van der Waals surface area contributed by atoms with Crippen molar-refractivity contribution < 1.29 is 14.3 Å². The molecule has 0 aromatic rings. The third-order valence-electron chi connectivity index (χ3n) is 5.06. The fourth-order valence-corrected chi connectivity index (χ4v) is 3.95. The molecule has 0 aromatic heterocycles. The number of hydrogen-bond donors (Lipinski definition) is 0. The molecule has 0 radical (unpaired) electrons. The van der Waals surface area contributed by atoms with Crippen molar-refractivity contribution in [3.05, 3.63) is 23.3 Å². The summed E-state index contributed by atoms with van der Waals surface area (Å²) >= 11 is 0. The van der Waals surface area contributed by atoms with E-state index in [9.17, 15) is 9.59 Å². The zero-order chi connectivity index (χ0) is 13.2. The van der Waals surface area contributed by atoms with Crippen LogP contribution in [0.5, 0.6) is 0 Å². The molecule has 0 N–H and O–H groups in total. The lowest BCUT2D eigenvalue weighted by Crippen LogP contribution is -2.26. The second-order valence-electron chi connectivity index (χ2n) is 5.92. The Morgan fingerprint density at radius 2 is 2.37 bits per heavy atom. The molecule has 4 heteroatoms. The summed E-state index contributed by atoms with van der Waals surface area (Å²) in [6, 6.07) is -0.329. The summed E-state index contributed by atoms with van der Waals surface area (Å²) < 4.78 is 4.83. The Morgan fingerprint density at radius 3 is 3.16 bits per heavy atom. The van der Waals surface area contributed by atoms with Gasteiger partial charge in [0.2, 0.25) is 0 Å². The molecule has 0 saturated heterocycles. The standard InChI is InChI=1S/C15H15NO3/c1-19-14(18)13-10-7-15(10)6-9-8(5-12(15)16-13)3-2-4-11(9)17/h2,4,10,13H,3,5-7H2,1H3. The molecule has 0 bridgehead atoms. The Balaban J connectivity index is 1.69. The molecular weight excluding hydrogens is 242 g/mol. The summed E-state index contributed by atoms with van der Waals surface area (Å²) in [6.07, 6.45) is 7.00.